The largest absolute Gasteiger partial charge is 0.350 e. The Labute approximate surface area is 135 Å². The molecule has 1 fully saturated rings. The molecule has 22 heavy (non-hydrogen) atoms. The first-order valence-electron chi connectivity index (χ1n) is 8.55. The molecule has 0 aliphatic carbocycles. The quantitative estimate of drug-likeness (QED) is 0.447. The van der Waals surface area contributed by atoms with E-state index in [4.69, 9.17) is 4.99 Å². The zero-order chi connectivity index (χ0) is 16.4. The minimum Gasteiger partial charge on any atom is -0.350 e. The molecular weight excluding hydrogens is 272 g/mol. The molecule has 4 heteroatoms. The second-order valence-electron chi connectivity index (χ2n) is 6.03. The van der Waals surface area contributed by atoms with Gasteiger partial charge in [0, 0.05) is 24.5 Å². The van der Waals surface area contributed by atoms with Gasteiger partial charge in [-0.3, -0.25) is 0 Å². The molecule has 0 unspecified atom stereocenters. The summed E-state index contributed by atoms with van der Waals surface area (Å²) in [6, 6.07) is 0.406. The lowest BCUT2D eigenvalue weighted by atomic mass is 10.1. The molecule has 0 saturated carbocycles. The van der Waals surface area contributed by atoms with Crippen molar-refractivity contribution in [2.45, 2.75) is 59.4 Å². The summed E-state index contributed by atoms with van der Waals surface area (Å²) in [5.41, 5.74) is 2.27. The Balaban J connectivity index is 2.98. The third-order valence-corrected chi connectivity index (χ3v) is 3.70. The molecule has 124 valence electrons. The lowest BCUT2D eigenvalue weighted by Gasteiger charge is -2.24. The summed E-state index contributed by atoms with van der Waals surface area (Å²) in [6.45, 7) is 14.5. The van der Waals surface area contributed by atoms with Crippen LogP contribution in [0.25, 0.3) is 0 Å². The number of nitrogens with one attached hydrogen (secondary N) is 2. The third-order valence-electron chi connectivity index (χ3n) is 3.70. The molecule has 0 radical (unpaired) electrons. The van der Waals surface area contributed by atoms with Crippen LogP contribution in [0.5, 0.6) is 0 Å². The fourth-order valence-electron chi connectivity index (χ4n) is 2.45. The molecule has 0 spiro atoms. The molecule has 0 amide bonds. The first-order chi connectivity index (χ1) is 10.6. The van der Waals surface area contributed by atoms with E-state index in [-0.39, 0.29) is 0 Å². The minimum absolute atomic E-state index is 0.406. The molecule has 0 bridgehead atoms. The second kappa shape index (κ2) is 10.3. The standard InChI is InChI=1S/C18H32N4/c1-6-15(7-2)17(8-3)22-18(20-12-14(4)5)21-16-10-9-11-19-13-16/h6,12,14,16,19H,1,7-11,13H2,2-5H3,(H,21,22)/b17-15-,20-12-/t16-/m0/s1. The fourth-order valence-corrected chi connectivity index (χ4v) is 2.45. The van der Waals surface area contributed by atoms with E-state index in [1.54, 1.807) is 0 Å². The van der Waals surface area contributed by atoms with E-state index in [2.05, 4.69) is 49.9 Å². The molecule has 1 saturated heterocycles. The summed E-state index contributed by atoms with van der Waals surface area (Å²) in [5.74, 6) is 1.14. The number of allylic oxidation sites excluding steroid dienone is 3. The highest BCUT2D eigenvalue weighted by atomic mass is 15.2. The number of hydrogen-bond donors (Lipinski definition) is 2. The van der Waals surface area contributed by atoms with Gasteiger partial charge in [0.15, 0.2) is 0 Å². The van der Waals surface area contributed by atoms with Crippen LogP contribution in [0.3, 0.4) is 0 Å². The van der Waals surface area contributed by atoms with Crippen molar-refractivity contribution in [3.8, 4) is 0 Å². The summed E-state index contributed by atoms with van der Waals surface area (Å²) in [7, 11) is 0. The molecular formula is C18H32N4. The van der Waals surface area contributed by atoms with E-state index < -0.39 is 0 Å². The van der Waals surface area contributed by atoms with Gasteiger partial charge in [-0.25, -0.2) is 9.98 Å². The van der Waals surface area contributed by atoms with E-state index >= 15 is 0 Å². The number of guanidine groups is 1. The van der Waals surface area contributed by atoms with Gasteiger partial charge in [0.2, 0.25) is 5.96 Å². The molecule has 0 aromatic heterocycles. The van der Waals surface area contributed by atoms with Gasteiger partial charge >= 0.3 is 0 Å². The van der Waals surface area contributed by atoms with Crippen molar-refractivity contribution in [3.63, 3.8) is 0 Å². The van der Waals surface area contributed by atoms with Crippen LogP contribution >= 0.6 is 0 Å². The van der Waals surface area contributed by atoms with E-state index in [1.165, 1.54) is 12.0 Å². The maximum absolute atomic E-state index is 4.79. The highest BCUT2D eigenvalue weighted by Gasteiger charge is 2.14. The number of rotatable bonds is 6. The van der Waals surface area contributed by atoms with Crippen molar-refractivity contribution in [1.82, 2.24) is 10.6 Å². The van der Waals surface area contributed by atoms with Crippen LogP contribution in [0.1, 0.15) is 53.4 Å². The lowest BCUT2D eigenvalue weighted by Crippen LogP contribution is -2.45. The zero-order valence-electron chi connectivity index (χ0n) is 14.7. The highest BCUT2D eigenvalue weighted by molar-refractivity contribution is 5.89. The maximum Gasteiger partial charge on any atom is 0.222 e. The summed E-state index contributed by atoms with van der Waals surface area (Å²) in [5, 5.41) is 6.92. The van der Waals surface area contributed by atoms with E-state index in [9.17, 15) is 0 Å². The van der Waals surface area contributed by atoms with Crippen molar-refractivity contribution >= 4 is 12.2 Å². The summed E-state index contributed by atoms with van der Waals surface area (Å²) in [6.07, 6.45) is 8.06. The van der Waals surface area contributed by atoms with Crippen molar-refractivity contribution in [3.05, 3.63) is 23.9 Å². The summed E-state index contributed by atoms with van der Waals surface area (Å²) >= 11 is 0. The molecule has 0 aromatic carbocycles. The average molecular weight is 304 g/mol. The Bertz CT molecular complexity index is 426. The third kappa shape index (κ3) is 6.56. The molecule has 1 aliphatic rings. The van der Waals surface area contributed by atoms with Crippen LogP contribution in [0.2, 0.25) is 0 Å². The second-order valence-corrected chi connectivity index (χ2v) is 6.03. The first kappa shape index (κ1) is 18.6. The van der Waals surface area contributed by atoms with E-state index in [0.29, 0.717) is 12.0 Å². The number of aliphatic imine (C=N–C) groups is 2. The predicted molar refractivity (Wildman–Crippen MR) is 97.6 cm³/mol. The van der Waals surface area contributed by atoms with Crippen LogP contribution in [0.15, 0.2) is 33.9 Å². The van der Waals surface area contributed by atoms with Crippen LogP contribution < -0.4 is 10.6 Å². The smallest absolute Gasteiger partial charge is 0.222 e. The fraction of sp³-hybridized carbons (Fsp3) is 0.667. The topological polar surface area (TPSA) is 48.8 Å². The normalized spacial score (nSPS) is 21.1. The zero-order valence-corrected chi connectivity index (χ0v) is 14.7. The molecule has 1 aliphatic heterocycles. The van der Waals surface area contributed by atoms with Gasteiger partial charge < -0.3 is 10.6 Å². The molecule has 0 aromatic rings. The van der Waals surface area contributed by atoms with Crippen LogP contribution in [0, 0.1) is 5.92 Å². The molecule has 4 nitrogen and oxygen atoms in total. The first-order valence-corrected chi connectivity index (χ1v) is 8.55. The highest BCUT2D eigenvalue weighted by Crippen LogP contribution is 2.15. The van der Waals surface area contributed by atoms with Gasteiger partial charge in [-0.05, 0) is 43.7 Å². The Kier molecular flexibility index (Phi) is 8.75. The minimum atomic E-state index is 0.406. The number of hydrogen-bond acceptors (Lipinski definition) is 2. The molecule has 1 rings (SSSR count). The molecule has 2 N–H and O–H groups in total. The van der Waals surface area contributed by atoms with Gasteiger partial charge in [0.1, 0.15) is 0 Å². The van der Waals surface area contributed by atoms with Gasteiger partial charge in [-0.1, -0.05) is 40.3 Å². The Hall–Kier alpha value is -1.42. The van der Waals surface area contributed by atoms with Crippen molar-refractivity contribution in [1.29, 1.82) is 0 Å². The van der Waals surface area contributed by atoms with E-state index in [1.807, 2.05) is 12.3 Å². The van der Waals surface area contributed by atoms with Crippen molar-refractivity contribution < 1.29 is 0 Å². The van der Waals surface area contributed by atoms with Crippen LogP contribution in [0.4, 0.5) is 0 Å². The average Bonchev–Trinajstić information content (AvgIpc) is 2.53. The maximum atomic E-state index is 4.79. The lowest BCUT2D eigenvalue weighted by molar-refractivity contribution is 0.430. The van der Waals surface area contributed by atoms with Gasteiger partial charge in [-0.15, -0.1) is 0 Å². The van der Waals surface area contributed by atoms with Crippen LogP contribution in [-0.2, 0) is 0 Å². The van der Waals surface area contributed by atoms with Gasteiger partial charge in [0.05, 0.1) is 0 Å². The summed E-state index contributed by atoms with van der Waals surface area (Å²) in [4.78, 5) is 9.36. The number of nitrogens with zero attached hydrogens (tertiary/aromatic N) is 2. The Morgan fingerprint density at radius 3 is 2.64 bits per heavy atom. The Morgan fingerprint density at radius 1 is 1.36 bits per heavy atom. The number of piperidine rings is 1. The van der Waals surface area contributed by atoms with Crippen molar-refractivity contribution in [2.75, 3.05) is 13.1 Å². The van der Waals surface area contributed by atoms with Gasteiger partial charge in [-0.2, -0.15) is 0 Å². The summed E-state index contributed by atoms with van der Waals surface area (Å²) < 4.78 is 0. The molecule has 1 heterocycles. The molecule has 1 atom stereocenters. The Morgan fingerprint density at radius 2 is 2.14 bits per heavy atom. The van der Waals surface area contributed by atoms with Crippen molar-refractivity contribution in [2.24, 2.45) is 15.9 Å². The van der Waals surface area contributed by atoms with E-state index in [0.717, 1.165) is 44.0 Å². The van der Waals surface area contributed by atoms with Crippen LogP contribution in [-0.4, -0.2) is 31.3 Å². The predicted octanol–water partition coefficient (Wildman–Crippen LogP) is 3.67. The monoisotopic (exact) mass is 304 g/mol. The van der Waals surface area contributed by atoms with Gasteiger partial charge in [0.25, 0.3) is 0 Å². The SMILES string of the molecule is C=C/C(CC)=C(CC)/N=C(\N=C/C(C)C)N[C@H]1CCCNC1.